The molecule has 6 heteroatoms. The van der Waals surface area contributed by atoms with Gasteiger partial charge in [0, 0.05) is 18.5 Å². The third-order valence-corrected chi connectivity index (χ3v) is 4.81. The minimum Gasteiger partial charge on any atom is -0.493 e. The molecule has 0 aliphatic rings. The molecule has 0 saturated carbocycles. The zero-order chi connectivity index (χ0) is 18.4. The molecule has 1 unspecified atom stereocenters. The third-order valence-electron chi connectivity index (χ3n) is 4.00. The predicted octanol–water partition coefficient (Wildman–Crippen LogP) is 3.08. The van der Waals surface area contributed by atoms with E-state index >= 15 is 0 Å². The lowest BCUT2D eigenvalue weighted by Gasteiger charge is -2.23. The second-order valence-corrected chi connectivity index (χ2v) is 6.45. The number of nitrogens with two attached hydrogens (primary N) is 1. The molecule has 0 aliphatic carbocycles. The first kappa shape index (κ1) is 19.1. The summed E-state index contributed by atoms with van der Waals surface area (Å²) >= 11 is 1.60. The number of ether oxygens (including phenoxy) is 2. The van der Waals surface area contributed by atoms with Crippen molar-refractivity contribution in [1.29, 1.82) is 0 Å². The number of thioether (sulfide) groups is 1. The van der Waals surface area contributed by atoms with Gasteiger partial charge in [-0.1, -0.05) is 30.3 Å². The summed E-state index contributed by atoms with van der Waals surface area (Å²) in [4.78, 5) is 15.3. The Kier molecular flexibility index (Phi) is 6.73. The number of hydrogen-bond acceptors (Lipinski definition) is 5. The van der Waals surface area contributed by atoms with Crippen LogP contribution < -0.4 is 15.2 Å². The zero-order valence-corrected chi connectivity index (χ0v) is 15.8. The predicted molar refractivity (Wildman–Crippen MR) is 101 cm³/mol. The topological polar surface area (TPSA) is 64.8 Å². The Balaban J connectivity index is 2.21. The van der Waals surface area contributed by atoms with Crippen LogP contribution in [-0.2, 0) is 11.3 Å². The van der Waals surface area contributed by atoms with Crippen molar-refractivity contribution in [3.8, 4) is 11.5 Å². The fourth-order valence-electron chi connectivity index (χ4n) is 2.59. The summed E-state index contributed by atoms with van der Waals surface area (Å²) in [5.41, 5.74) is 7.91. The van der Waals surface area contributed by atoms with Crippen LogP contribution in [0.15, 0.2) is 47.4 Å². The average Bonchev–Trinajstić information content (AvgIpc) is 2.66. The molecule has 1 atom stereocenters. The molecular weight excluding hydrogens is 336 g/mol. The van der Waals surface area contributed by atoms with Crippen LogP contribution in [-0.4, -0.2) is 38.3 Å². The van der Waals surface area contributed by atoms with Crippen LogP contribution in [0.3, 0.4) is 0 Å². The zero-order valence-electron chi connectivity index (χ0n) is 15.0. The molecule has 2 aromatic rings. The van der Waals surface area contributed by atoms with E-state index in [-0.39, 0.29) is 5.91 Å². The van der Waals surface area contributed by atoms with E-state index in [9.17, 15) is 4.79 Å². The first-order valence-electron chi connectivity index (χ1n) is 7.86. The van der Waals surface area contributed by atoms with E-state index in [1.807, 2.05) is 48.7 Å². The highest BCUT2D eigenvalue weighted by molar-refractivity contribution is 7.98. The second kappa shape index (κ2) is 8.78. The molecule has 0 aliphatic heterocycles. The molecule has 25 heavy (non-hydrogen) atoms. The number of methoxy groups -OCH3 is 2. The van der Waals surface area contributed by atoms with Crippen LogP contribution in [0.25, 0.3) is 0 Å². The van der Waals surface area contributed by atoms with Crippen molar-refractivity contribution in [2.75, 3.05) is 27.5 Å². The van der Waals surface area contributed by atoms with E-state index in [4.69, 9.17) is 15.2 Å². The maximum atomic E-state index is 12.7. The van der Waals surface area contributed by atoms with Gasteiger partial charge in [0.05, 0.1) is 14.2 Å². The van der Waals surface area contributed by atoms with Crippen molar-refractivity contribution >= 4 is 17.7 Å². The van der Waals surface area contributed by atoms with Crippen molar-refractivity contribution in [3.05, 3.63) is 53.6 Å². The Morgan fingerprint density at radius 3 is 2.32 bits per heavy atom. The van der Waals surface area contributed by atoms with Crippen molar-refractivity contribution in [1.82, 2.24) is 4.90 Å². The number of nitrogens with zero attached hydrogens (tertiary/aromatic N) is 1. The molecule has 0 aromatic heterocycles. The summed E-state index contributed by atoms with van der Waals surface area (Å²) in [6.07, 6.45) is 1.99. The van der Waals surface area contributed by atoms with Gasteiger partial charge >= 0.3 is 0 Å². The Labute approximate surface area is 153 Å². The van der Waals surface area contributed by atoms with Crippen LogP contribution in [0.5, 0.6) is 11.5 Å². The third kappa shape index (κ3) is 4.46. The van der Waals surface area contributed by atoms with Crippen LogP contribution in [0.2, 0.25) is 0 Å². The summed E-state index contributed by atoms with van der Waals surface area (Å²) in [5.74, 6) is 1.18. The molecule has 5 nitrogen and oxygen atoms in total. The van der Waals surface area contributed by atoms with Crippen molar-refractivity contribution in [2.45, 2.75) is 17.5 Å². The SMILES string of the molecule is COc1cc(CN(C)C(=O)C(N)c2ccccc2)c(SC)cc1OC. The van der Waals surface area contributed by atoms with Gasteiger partial charge in [-0.25, -0.2) is 0 Å². The number of likely N-dealkylation sites (N-methyl/N-ethyl adjacent to an activating group) is 1. The van der Waals surface area contributed by atoms with E-state index in [2.05, 4.69) is 0 Å². The Bertz CT molecular complexity index is 722. The van der Waals surface area contributed by atoms with Crippen molar-refractivity contribution in [2.24, 2.45) is 5.73 Å². The number of carbonyl (C=O) groups is 1. The van der Waals surface area contributed by atoms with Gasteiger partial charge in [0.25, 0.3) is 0 Å². The maximum absolute atomic E-state index is 12.7. The summed E-state index contributed by atoms with van der Waals surface area (Å²) in [6.45, 7) is 0.440. The fourth-order valence-corrected chi connectivity index (χ4v) is 3.20. The molecule has 2 aromatic carbocycles. The largest absolute Gasteiger partial charge is 0.493 e. The molecule has 0 fully saturated rings. The summed E-state index contributed by atoms with van der Waals surface area (Å²) < 4.78 is 10.7. The fraction of sp³-hybridized carbons (Fsp3) is 0.316. The quantitative estimate of drug-likeness (QED) is 0.769. The molecular formula is C19H24N2O3S. The first-order chi connectivity index (χ1) is 12.0. The molecule has 0 bridgehead atoms. The lowest BCUT2D eigenvalue weighted by atomic mass is 10.1. The van der Waals surface area contributed by atoms with E-state index in [1.54, 1.807) is 37.9 Å². The van der Waals surface area contributed by atoms with Gasteiger partial charge in [-0.05, 0) is 29.5 Å². The molecule has 2 rings (SSSR count). The minimum absolute atomic E-state index is 0.131. The van der Waals surface area contributed by atoms with E-state index in [0.29, 0.717) is 18.0 Å². The molecule has 2 N–H and O–H groups in total. The Morgan fingerprint density at radius 1 is 1.16 bits per heavy atom. The van der Waals surface area contributed by atoms with Crippen molar-refractivity contribution in [3.63, 3.8) is 0 Å². The smallest absolute Gasteiger partial charge is 0.244 e. The van der Waals surface area contributed by atoms with E-state index in [0.717, 1.165) is 16.0 Å². The highest BCUT2D eigenvalue weighted by Crippen LogP contribution is 2.35. The molecule has 1 amide bonds. The van der Waals surface area contributed by atoms with Crippen LogP contribution in [0.1, 0.15) is 17.2 Å². The standard InChI is InChI=1S/C19H24N2O3S/c1-21(19(22)18(20)13-8-6-5-7-9-13)12-14-10-15(23-2)16(24-3)11-17(14)25-4/h5-11,18H,12,20H2,1-4H3. The lowest BCUT2D eigenvalue weighted by Crippen LogP contribution is -2.35. The number of hydrogen-bond donors (Lipinski definition) is 1. The minimum atomic E-state index is -0.677. The molecule has 0 heterocycles. The highest BCUT2D eigenvalue weighted by atomic mass is 32.2. The molecule has 0 radical (unpaired) electrons. The van der Waals surface area contributed by atoms with Gasteiger partial charge in [-0.2, -0.15) is 0 Å². The summed E-state index contributed by atoms with van der Waals surface area (Å²) in [6, 6.07) is 12.5. The van der Waals surface area contributed by atoms with E-state index < -0.39 is 6.04 Å². The van der Waals surface area contributed by atoms with Crippen LogP contribution in [0, 0.1) is 0 Å². The van der Waals surface area contributed by atoms with Gasteiger partial charge in [0.15, 0.2) is 11.5 Å². The monoisotopic (exact) mass is 360 g/mol. The number of amides is 1. The molecule has 0 saturated heterocycles. The normalized spacial score (nSPS) is 11.7. The Hall–Kier alpha value is -2.18. The maximum Gasteiger partial charge on any atom is 0.244 e. The van der Waals surface area contributed by atoms with E-state index in [1.165, 1.54) is 0 Å². The Morgan fingerprint density at radius 2 is 1.76 bits per heavy atom. The van der Waals surface area contributed by atoms with Gasteiger partial charge in [0.2, 0.25) is 5.91 Å². The van der Waals surface area contributed by atoms with Gasteiger partial charge < -0.3 is 20.1 Å². The lowest BCUT2D eigenvalue weighted by molar-refractivity contribution is -0.132. The van der Waals surface area contributed by atoms with Gasteiger partial charge in [-0.3, -0.25) is 4.79 Å². The van der Waals surface area contributed by atoms with Gasteiger partial charge in [-0.15, -0.1) is 11.8 Å². The summed E-state index contributed by atoms with van der Waals surface area (Å²) in [5, 5.41) is 0. The first-order valence-corrected chi connectivity index (χ1v) is 9.08. The van der Waals surface area contributed by atoms with Crippen LogP contribution >= 0.6 is 11.8 Å². The molecule has 0 spiro atoms. The summed E-state index contributed by atoms with van der Waals surface area (Å²) in [7, 11) is 4.96. The average molecular weight is 360 g/mol. The second-order valence-electron chi connectivity index (χ2n) is 5.60. The number of rotatable bonds is 7. The number of benzene rings is 2. The molecule has 134 valence electrons. The van der Waals surface area contributed by atoms with Gasteiger partial charge in [0.1, 0.15) is 6.04 Å². The van der Waals surface area contributed by atoms with Crippen molar-refractivity contribution < 1.29 is 14.3 Å². The number of carbonyl (C=O) groups excluding carboxylic acids is 1. The van der Waals surface area contributed by atoms with Crippen LogP contribution in [0.4, 0.5) is 0 Å². The highest BCUT2D eigenvalue weighted by Gasteiger charge is 2.21.